The van der Waals surface area contributed by atoms with Crippen LogP contribution in [-0.2, 0) is 11.8 Å². The SMILES string of the molecule is Cn1cc([C@@H]2CCCN2C(=O)OC(C)(C)C)nn1. The molecule has 0 unspecified atom stereocenters. The molecule has 1 aromatic heterocycles. The van der Waals surface area contributed by atoms with Crippen molar-refractivity contribution in [2.24, 2.45) is 7.05 Å². The molecular formula is C12H20N4O2. The van der Waals surface area contributed by atoms with Gasteiger partial charge in [0.25, 0.3) is 0 Å². The Morgan fingerprint density at radius 3 is 2.78 bits per heavy atom. The van der Waals surface area contributed by atoms with Crippen molar-refractivity contribution in [3.8, 4) is 0 Å². The van der Waals surface area contributed by atoms with Gasteiger partial charge >= 0.3 is 6.09 Å². The van der Waals surface area contributed by atoms with E-state index in [0.717, 1.165) is 25.1 Å². The Bertz CT molecular complexity index is 436. The molecule has 0 bridgehead atoms. The van der Waals surface area contributed by atoms with E-state index in [1.54, 1.807) is 9.58 Å². The molecule has 1 fully saturated rings. The van der Waals surface area contributed by atoms with E-state index in [-0.39, 0.29) is 12.1 Å². The van der Waals surface area contributed by atoms with Crippen molar-refractivity contribution in [2.45, 2.75) is 45.3 Å². The van der Waals surface area contributed by atoms with Crippen LogP contribution >= 0.6 is 0 Å². The highest BCUT2D eigenvalue weighted by molar-refractivity contribution is 5.69. The molecule has 1 atom stereocenters. The summed E-state index contributed by atoms with van der Waals surface area (Å²) in [5.41, 5.74) is 0.368. The third-order valence-electron chi connectivity index (χ3n) is 2.84. The normalized spacial score (nSPS) is 20.2. The van der Waals surface area contributed by atoms with Crippen LogP contribution < -0.4 is 0 Å². The molecular weight excluding hydrogens is 232 g/mol. The van der Waals surface area contributed by atoms with Gasteiger partial charge in [0, 0.05) is 13.6 Å². The maximum absolute atomic E-state index is 12.1. The molecule has 2 heterocycles. The zero-order valence-corrected chi connectivity index (χ0v) is 11.4. The second-order valence-corrected chi connectivity index (χ2v) is 5.65. The number of aromatic nitrogens is 3. The molecule has 0 saturated carbocycles. The summed E-state index contributed by atoms with van der Waals surface area (Å²) in [5.74, 6) is 0. The molecule has 0 N–H and O–H groups in total. The van der Waals surface area contributed by atoms with Crippen molar-refractivity contribution < 1.29 is 9.53 Å². The van der Waals surface area contributed by atoms with Crippen molar-refractivity contribution >= 4 is 6.09 Å². The van der Waals surface area contributed by atoms with E-state index >= 15 is 0 Å². The van der Waals surface area contributed by atoms with Gasteiger partial charge in [-0.05, 0) is 33.6 Å². The Morgan fingerprint density at radius 1 is 1.50 bits per heavy atom. The van der Waals surface area contributed by atoms with E-state index in [1.807, 2.05) is 34.0 Å². The minimum Gasteiger partial charge on any atom is -0.444 e. The molecule has 6 heteroatoms. The van der Waals surface area contributed by atoms with Gasteiger partial charge in [0.2, 0.25) is 0 Å². The molecule has 1 amide bonds. The van der Waals surface area contributed by atoms with Crippen LogP contribution in [0.15, 0.2) is 6.20 Å². The van der Waals surface area contributed by atoms with Crippen LogP contribution in [0.2, 0.25) is 0 Å². The highest BCUT2D eigenvalue weighted by atomic mass is 16.6. The Kier molecular flexibility index (Phi) is 3.28. The topological polar surface area (TPSA) is 60.2 Å². The minimum absolute atomic E-state index is 0.00597. The van der Waals surface area contributed by atoms with E-state index in [9.17, 15) is 4.79 Å². The van der Waals surface area contributed by atoms with E-state index in [0.29, 0.717) is 0 Å². The van der Waals surface area contributed by atoms with Crippen molar-refractivity contribution in [3.05, 3.63) is 11.9 Å². The quantitative estimate of drug-likeness (QED) is 0.765. The lowest BCUT2D eigenvalue weighted by molar-refractivity contribution is 0.0221. The van der Waals surface area contributed by atoms with Gasteiger partial charge < -0.3 is 4.74 Å². The first-order chi connectivity index (χ1) is 8.37. The van der Waals surface area contributed by atoms with E-state index in [1.165, 1.54) is 0 Å². The van der Waals surface area contributed by atoms with Crippen molar-refractivity contribution in [2.75, 3.05) is 6.54 Å². The lowest BCUT2D eigenvalue weighted by Crippen LogP contribution is -2.36. The first-order valence-electron chi connectivity index (χ1n) is 6.23. The number of amides is 1. The zero-order valence-electron chi connectivity index (χ0n) is 11.4. The zero-order chi connectivity index (χ0) is 13.3. The number of rotatable bonds is 1. The van der Waals surface area contributed by atoms with E-state index in [2.05, 4.69) is 10.3 Å². The first-order valence-corrected chi connectivity index (χ1v) is 6.23. The van der Waals surface area contributed by atoms with Crippen LogP contribution in [-0.4, -0.2) is 38.1 Å². The number of ether oxygens (including phenoxy) is 1. The second-order valence-electron chi connectivity index (χ2n) is 5.65. The van der Waals surface area contributed by atoms with Gasteiger partial charge in [-0.3, -0.25) is 9.58 Å². The number of hydrogen-bond donors (Lipinski definition) is 0. The summed E-state index contributed by atoms with van der Waals surface area (Å²) in [6.45, 7) is 6.34. The average molecular weight is 252 g/mol. The number of carbonyl (C=O) groups is 1. The minimum atomic E-state index is -0.466. The lowest BCUT2D eigenvalue weighted by Gasteiger charge is -2.27. The third kappa shape index (κ3) is 2.80. The van der Waals surface area contributed by atoms with Crippen LogP contribution in [0.25, 0.3) is 0 Å². The van der Waals surface area contributed by atoms with E-state index in [4.69, 9.17) is 4.74 Å². The van der Waals surface area contributed by atoms with Gasteiger partial charge in [0.15, 0.2) is 0 Å². The van der Waals surface area contributed by atoms with Gasteiger partial charge in [-0.1, -0.05) is 5.21 Å². The lowest BCUT2D eigenvalue weighted by atomic mass is 10.1. The average Bonchev–Trinajstić information content (AvgIpc) is 2.81. The fraction of sp³-hybridized carbons (Fsp3) is 0.750. The highest BCUT2D eigenvalue weighted by Crippen LogP contribution is 2.31. The smallest absolute Gasteiger partial charge is 0.410 e. The second kappa shape index (κ2) is 4.59. The maximum atomic E-state index is 12.1. The summed E-state index contributed by atoms with van der Waals surface area (Å²) in [6.07, 6.45) is 3.47. The van der Waals surface area contributed by atoms with Crippen molar-refractivity contribution in [1.29, 1.82) is 0 Å². The molecule has 1 aromatic rings. The Morgan fingerprint density at radius 2 is 2.22 bits per heavy atom. The standard InChI is InChI=1S/C12H20N4O2/c1-12(2,3)18-11(17)16-7-5-6-10(16)9-8-15(4)14-13-9/h8,10H,5-7H2,1-4H3/t10-/m0/s1. The summed E-state index contributed by atoms with van der Waals surface area (Å²) >= 11 is 0. The van der Waals surface area contributed by atoms with Crippen molar-refractivity contribution in [1.82, 2.24) is 19.9 Å². The molecule has 0 spiro atoms. The number of aryl methyl sites for hydroxylation is 1. The Balaban J connectivity index is 2.10. The molecule has 6 nitrogen and oxygen atoms in total. The molecule has 1 saturated heterocycles. The molecule has 0 aromatic carbocycles. The first kappa shape index (κ1) is 12.9. The third-order valence-corrected chi connectivity index (χ3v) is 2.84. The largest absolute Gasteiger partial charge is 0.444 e. The Hall–Kier alpha value is -1.59. The fourth-order valence-corrected chi connectivity index (χ4v) is 2.13. The van der Waals surface area contributed by atoms with Crippen molar-refractivity contribution in [3.63, 3.8) is 0 Å². The van der Waals surface area contributed by atoms with Crippen LogP contribution in [0.3, 0.4) is 0 Å². The summed E-state index contributed by atoms with van der Waals surface area (Å²) in [5, 5.41) is 8.01. The molecule has 1 aliphatic rings. The van der Waals surface area contributed by atoms with E-state index < -0.39 is 5.60 Å². The number of carbonyl (C=O) groups excluding carboxylic acids is 1. The maximum Gasteiger partial charge on any atom is 0.410 e. The van der Waals surface area contributed by atoms with Gasteiger partial charge in [-0.25, -0.2) is 4.79 Å². The van der Waals surface area contributed by atoms with Gasteiger partial charge in [-0.15, -0.1) is 5.10 Å². The number of likely N-dealkylation sites (tertiary alicyclic amines) is 1. The van der Waals surface area contributed by atoms with Crippen LogP contribution in [0.4, 0.5) is 4.79 Å². The van der Waals surface area contributed by atoms with Gasteiger partial charge in [0.1, 0.15) is 11.3 Å². The fourth-order valence-electron chi connectivity index (χ4n) is 2.13. The molecule has 18 heavy (non-hydrogen) atoms. The summed E-state index contributed by atoms with van der Waals surface area (Å²) in [4.78, 5) is 13.8. The predicted molar refractivity (Wildman–Crippen MR) is 65.9 cm³/mol. The molecule has 0 radical (unpaired) electrons. The molecule has 0 aliphatic carbocycles. The monoisotopic (exact) mass is 252 g/mol. The molecule has 1 aliphatic heterocycles. The van der Waals surface area contributed by atoms with Gasteiger partial charge in [-0.2, -0.15) is 0 Å². The Labute approximate surface area is 107 Å². The highest BCUT2D eigenvalue weighted by Gasteiger charge is 2.34. The molecule has 100 valence electrons. The summed E-state index contributed by atoms with van der Waals surface area (Å²) in [6, 6.07) is -0.00597. The van der Waals surface area contributed by atoms with Crippen LogP contribution in [0, 0.1) is 0 Å². The number of hydrogen-bond acceptors (Lipinski definition) is 4. The van der Waals surface area contributed by atoms with Crippen LogP contribution in [0.5, 0.6) is 0 Å². The number of nitrogens with zero attached hydrogens (tertiary/aromatic N) is 4. The summed E-state index contributed by atoms with van der Waals surface area (Å²) < 4.78 is 7.07. The predicted octanol–water partition coefficient (Wildman–Crippen LogP) is 1.89. The van der Waals surface area contributed by atoms with Gasteiger partial charge in [0.05, 0.1) is 12.2 Å². The van der Waals surface area contributed by atoms with Crippen LogP contribution in [0.1, 0.15) is 45.3 Å². The summed E-state index contributed by atoms with van der Waals surface area (Å²) in [7, 11) is 1.82. The molecule has 2 rings (SSSR count).